The topological polar surface area (TPSA) is 51.1 Å². The summed E-state index contributed by atoms with van der Waals surface area (Å²) < 4.78 is 5.41. The normalized spacial score (nSPS) is 10.4. The minimum atomic E-state index is 0.125. The summed E-state index contributed by atoms with van der Waals surface area (Å²) in [6.45, 7) is 4.61. The molecule has 0 saturated heterocycles. The standard InChI is InChI=1S/C14H17ClN4O/c1-4-9-20-14-17-12(15)16-13(18-14)19(3)11-7-5-10(2)6-8-11/h5-8H,4,9H2,1-3H3. The molecule has 0 atom stereocenters. The predicted molar refractivity (Wildman–Crippen MR) is 79.9 cm³/mol. The molecule has 0 aliphatic heterocycles. The Morgan fingerprint density at radius 3 is 2.50 bits per heavy atom. The predicted octanol–water partition coefficient (Wildman–Crippen LogP) is 3.39. The van der Waals surface area contributed by atoms with Crippen LogP contribution in [-0.2, 0) is 0 Å². The maximum Gasteiger partial charge on any atom is 0.322 e. The first-order valence-corrected chi connectivity index (χ1v) is 6.82. The molecule has 1 aromatic carbocycles. The molecule has 20 heavy (non-hydrogen) atoms. The van der Waals surface area contributed by atoms with Crippen molar-refractivity contribution in [2.24, 2.45) is 0 Å². The average molecular weight is 293 g/mol. The maximum atomic E-state index is 5.92. The van der Waals surface area contributed by atoms with Crippen LogP contribution in [0.15, 0.2) is 24.3 Å². The molecule has 0 aliphatic carbocycles. The van der Waals surface area contributed by atoms with Crippen LogP contribution in [0.5, 0.6) is 6.01 Å². The van der Waals surface area contributed by atoms with Gasteiger partial charge in [-0.3, -0.25) is 0 Å². The lowest BCUT2D eigenvalue weighted by Crippen LogP contribution is -2.14. The molecule has 0 radical (unpaired) electrons. The van der Waals surface area contributed by atoms with Gasteiger partial charge in [0.25, 0.3) is 0 Å². The molecule has 0 fully saturated rings. The Labute approximate surface area is 123 Å². The van der Waals surface area contributed by atoms with Crippen molar-refractivity contribution < 1.29 is 4.74 Å². The number of hydrogen-bond acceptors (Lipinski definition) is 5. The number of benzene rings is 1. The van der Waals surface area contributed by atoms with Gasteiger partial charge in [0.05, 0.1) is 6.61 Å². The van der Waals surface area contributed by atoms with Crippen molar-refractivity contribution in [3.05, 3.63) is 35.1 Å². The van der Waals surface area contributed by atoms with E-state index in [9.17, 15) is 0 Å². The van der Waals surface area contributed by atoms with Crippen LogP contribution < -0.4 is 9.64 Å². The molecule has 0 N–H and O–H groups in total. The number of anilines is 2. The Morgan fingerprint density at radius 1 is 1.15 bits per heavy atom. The molecule has 6 heteroatoms. The van der Waals surface area contributed by atoms with E-state index in [1.54, 1.807) is 0 Å². The summed E-state index contributed by atoms with van der Waals surface area (Å²) in [5.41, 5.74) is 2.17. The summed E-state index contributed by atoms with van der Waals surface area (Å²) in [5.74, 6) is 0.458. The summed E-state index contributed by atoms with van der Waals surface area (Å²) in [6.07, 6.45) is 0.881. The molecule has 0 unspecified atom stereocenters. The number of aromatic nitrogens is 3. The second kappa shape index (κ2) is 6.52. The van der Waals surface area contributed by atoms with E-state index in [1.165, 1.54) is 5.56 Å². The van der Waals surface area contributed by atoms with E-state index in [4.69, 9.17) is 16.3 Å². The molecule has 0 aliphatic rings. The van der Waals surface area contributed by atoms with Gasteiger partial charge in [-0.1, -0.05) is 24.6 Å². The third-order valence-electron chi connectivity index (χ3n) is 2.73. The van der Waals surface area contributed by atoms with E-state index in [2.05, 4.69) is 15.0 Å². The van der Waals surface area contributed by atoms with Gasteiger partial charge in [-0.25, -0.2) is 0 Å². The van der Waals surface area contributed by atoms with Crippen LogP contribution in [0.2, 0.25) is 5.28 Å². The van der Waals surface area contributed by atoms with Gasteiger partial charge in [0.2, 0.25) is 11.2 Å². The number of nitrogens with zero attached hydrogens (tertiary/aromatic N) is 4. The second-order valence-corrected chi connectivity index (χ2v) is 4.77. The Kier molecular flexibility index (Phi) is 4.74. The van der Waals surface area contributed by atoms with Crippen molar-refractivity contribution in [3.63, 3.8) is 0 Å². The molecule has 0 saturated carbocycles. The van der Waals surface area contributed by atoms with Gasteiger partial charge in [-0.2, -0.15) is 15.0 Å². The molecule has 5 nitrogen and oxygen atoms in total. The van der Waals surface area contributed by atoms with Gasteiger partial charge in [-0.15, -0.1) is 0 Å². The van der Waals surface area contributed by atoms with Crippen LogP contribution in [0.4, 0.5) is 11.6 Å². The number of halogens is 1. The Hall–Kier alpha value is -1.88. The van der Waals surface area contributed by atoms with Crippen LogP contribution in [-0.4, -0.2) is 28.6 Å². The molecule has 1 aromatic heterocycles. The first-order valence-electron chi connectivity index (χ1n) is 6.45. The van der Waals surface area contributed by atoms with Gasteiger partial charge in [0.15, 0.2) is 0 Å². The van der Waals surface area contributed by atoms with Gasteiger partial charge in [0.1, 0.15) is 0 Å². The molecule has 1 heterocycles. The number of rotatable bonds is 5. The summed E-state index contributed by atoms with van der Waals surface area (Å²) in [5, 5.41) is 0.125. The summed E-state index contributed by atoms with van der Waals surface area (Å²) in [6, 6.07) is 8.31. The third kappa shape index (κ3) is 3.57. The highest BCUT2D eigenvalue weighted by Gasteiger charge is 2.11. The second-order valence-electron chi connectivity index (χ2n) is 4.43. The summed E-state index contributed by atoms with van der Waals surface area (Å²) >= 11 is 5.92. The highest BCUT2D eigenvalue weighted by Crippen LogP contribution is 2.22. The average Bonchev–Trinajstić information content (AvgIpc) is 2.44. The van der Waals surface area contributed by atoms with E-state index >= 15 is 0 Å². The minimum Gasteiger partial charge on any atom is -0.463 e. The van der Waals surface area contributed by atoms with Gasteiger partial charge < -0.3 is 9.64 Å². The Balaban J connectivity index is 2.26. The van der Waals surface area contributed by atoms with Crippen molar-refractivity contribution in [3.8, 4) is 6.01 Å². The highest BCUT2D eigenvalue weighted by molar-refractivity contribution is 6.28. The number of aryl methyl sites for hydroxylation is 1. The fourth-order valence-corrected chi connectivity index (χ4v) is 1.76. The number of ether oxygens (including phenoxy) is 1. The van der Waals surface area contributed by atoms with Crippen molar-refractivity contribution >= 4 is 23.2 Å². The molecule has 0 bridgehead atoms. The van der Waals surface area contributed by atoms with Crippen molar-refractivity contribution in [2.45, 2.75) is 20.3 Å². The summed E-state index contributed by atoms with van der Waals surface area (Å²) in [7, 11) is 1.87. The Bertz CT molecular complexity index is 574. The zero-order chi connectivity index (χ0) is 14.5. The zero-order valence-electron chi connectivity index (χ0n) is 11.8. The first-order chi connectivity index (χ1) is 9.60. The SMILES string of the molecule is CCCOc1nc(Cl)nc(N(C)c2ccc(C)cc2)n1. The molecular formula is C14H17ClN4O. The molecule has 0 spiro atoms. The van der Waals surface area contributed by atoms with Gasteiger partial charge in [-0.05, 0) is 37.1 Å². The van der Waals surface area contributed by atoms with Crippen LogP contribution in [0, 0.1) is 6.92 Å². The molecular weight excluding hydrogens is 276 g/mol. The van der Waals surface area contributed by atoms with Crippen molar-refractivity contribution in [1.82, 2.24) is 15.0 Å². The maximum absolute atomic E-state index is 5.92. The zero-order valence-corrected chi connectivity index (χ0v) is 12.6. The molecule has 2 aromatic rings. The fraction of sp³-hybridized carbons (Fsp3) is 0.357. The summed E-state index contributed by atoms with van der Waals surface area (Å²) in [4.78, 5) is 14.2. The largest absolute Gasteiger partial charge is 0.463 e. The van der Waals surface area contributed by atoms with E-state index in [-0.39, 0.29) is 11.3 Å². The monoisotopic (exact) mass is 292 g/mol. The minimum absolute atomic E-state index is 0.125. The lowest BCUT2D eigenvalue weighted by molar-refractivity contribution is 0.291. The quantitative estimate of drug-likeness (QED) is 0.845. The molecule has 2 rings (SSSR count). The fourth-order valence-electron chi connectivity index (χ4n) is 1.61. The first kappa shape index (κ1) is 14.5. The lowest BCUT2D eigenvalue weighted by Gasteiger charge is -2.17. The molecule has 106 valence electrons. The van der Waals surface area contributed by atoms with E-state index in [1.807, 2.05) is 50.1 Å². The third-order valence-corrected chi connectivity index (χ3v) is 2.90. The van der Waals surface area contributed by atoms with Crippen LogP contribution >= 0.6 is 11.6 Å². The lowest BCUT2D eigenvalue weighted by atomic mass is 10.2. The molecule has 0 amide bonds. The van der Waals surface area contributed by atoms with Crippen molar-refractivity contribution in [1.29, 1.82) is 0 Å². The van der Waals surface area contributed by atoms with Crippen molar-refractivity contribution in [2.75, 3.05) is 18.6 Å². The van der Waals surface area contributed by atoms with E-state index in [0.29, 0.717) is 12.6 Å². The van der Waals surface area contributed by atoms with Crippen LogP contribution in [0.25, 0.3) is 0 Å². The van der Waals surface area contributed by atoms with E-state index in [0.717, 1.165) is 12.1 Å². The van der Waals surface area contributed by atoms with Gasteiger partial charge >= 0.3 is 6.01 Å². The van der Waals surface area contributed by atoms with Crippen LogP contribution in [0.1, 0.15) is 18.9 Å². The smallest absolute Gasteiger partial charge is 0.322 e. The van der Waals surface area contributed by atoms with Gasteiger partial charge in [0, 0.05) is 12.7 Å². The van der Waals surface area contributed by atoms with Crippen LogP contribution in [0.3, 0.4) is 0 Å². The number of hydrogen-bond donors (Lipinski definition) is 0. The Morgan fingerprint density at radius 2 is 1.85 bits per heavy atom. The van der Waals surface area contributed by atoms with E-state index < -0.39 is 0 Å². The highest BCUT2D eigenvalue weighted by atomic mass is 35.5.